The van der Waals surface area contributed by atoms with Crippen LogP contribution in [0.4, 0.5) is 0 Å². The van der Waals surface area contributed by atoms with E-state index >= 15 is 0 Å². The van der Waals surface area contributed by atoms with Crippen LogP contribution in [0.25, 0.3) is 5.57 Å². The number of ketones is 1. The Labute approximate surface area is 139 Å². The Kier molecular flexibility index (Phi) is 5.48. The van der Waals surface area contributed by atoms with Gasteiger partial charge in [-0.25, -0.2) is 4.79 Å². The summed E-state index contributed by atoms with van der Waals surface area (Å²) in [7, 11) is 0. The molecule has 1 aliphatic carbocycles. The second-order valence-corrected chi connectivity index (χ2v) is 5.87. The minimum absolute atomic E-state index is 0.140. The van der Waals surface area contributed by atoms with Crippen LogP contribution in [0, 0.1) is 6.92 Å². The van der Waals surface area contributed by atoms with Crippen LogP contribution in [0.1, 0.15) is 30.9 Å². The normalized spacial score (nSPS) is 14.6. The highest BCUT2D eigenvalue weighted by Crippen LogP contribution is 2.32. The van der Waals surface area contributed by atoms with Gasteiger partial charge in [0, 0.05) is 22.8 Å². The summed E-state index contributed by atoms with van der Waals surface area (Å²) in [4.78, 5) is 24.1. The highest BCUT2D eigenvalue weighted by molar-refractivity contribution is 6.53. The number of hydrogen-bond donors (Lipinski definition) is 1. The van der Waals surface area contributed by atoms with Crippen molar-refractivity contribution in [3.05, 3.63) is 39.5 Å². The van der Waals surface area contributed by atoms with Crippen LogP contribution in [0.5, 0.6) is 0 Å². The first-order chi connectivity index (χ1) is 10.5. The topological polar surface area (TPSA) is 55.4 Å². The van der Waals surface area contributed by atoms with Gasteiger partial charge in [-0.15, -0.1) is 0 Å². The number of ether oxygens (including phenoxy) is 1. The van der Waals surface area contributed by atoms with Crippen molar-refractivity contribution in [3.63, 3.8) is 0 Å². The van der Waals surface area contributed by atoms with Crippen molar-refractivity contribution in [2.75, 3.05) is 6.61 Å². The Hall–Kier alpha value is -1.52. The number of rotatable bonds is 6. The highest BCUT2D eigenvalue weighted by Gasteiger charge is 2.26. The molecule has 0 saturated heterocycles. The summed E-state index contributed by atoms with van der Waals surface area (Å²) < 4.78 is 4.80. The Bertz CT molecular complexity index is 637. The minimum atomic E-state index is -0.894. The molecule has 0 amide bonds. The van der Waals surface area contributed by atoms with Gasteiger partial charge in [-0.2, -0.15) is 0 Å². The van der Waals surface area contributed by atoms with E-state index in [0.29, 0.717) is 27.2 Å². The molecular formula is C16H17Cl2NO3. The lowest BCUT2D eigenvalue weighted by molar-refractivity contribution is -0.150. The molecule has 1 aromatic rings. The van der Waals surface area contributed by atoms with Crippen LogP contribution < -0.4 is 5.32 Å². The number of carbonyl (C=O) groups excluding carboxylic acids is 2. The van der Waals surface area contributed by atoms with E-state index in [4.69, 9.17) is 27.9 Å². The van der Waals surface area contributed by atoms with Crippen LogP contribution >= 0.6 is 23.2 Å². The van der Waals surface area contributed by atoms with E-state index in [0.717, 1.165) is 12.8 Å². The fourth-order valence-corrected chi connectivity index (χ4v) is 2.37. The molecule has 0 bridgehead atoms. The van der Waals surface area contributed by atoms with E-state index in [9.17, 15) is 9.59 Å². The van der Waals surface area contributed by atoms with Crippen molar-refractivity contribution in [2.24, 2.45) is 0 Å². The van der Waals surface area contributed by atoms with Crippen molar-refractivity contribution >= 4 is 40.5 Å². The second kappa shape index (κ2) is 7.16. The van der Waals surface area contributed by atoms with Crippen molar-refractivity contribution in [2.45, 2.75) is 32.7 Å². The van der Waals surface area contributed by atoms with E-state index in [-0.39, 0.29) is 12.2 Å². The van der Waals surface area contributed by atoms with Crippen LogP contribution in [-0.2, 0) is 14.3 Å². The third-order valence-electron chi connectivity index (χ3n) is 3.36. The van der Waals surface area contributed by atoms with Crippen molar-refractivity contribution in [1.82, 2.24) is 5.32 Å². The molecule has 0 atom stereocenters. The van der Waals surface area contributed by atoms with Gasteiger partial charge in [-0.1, -0.05) is 29.3 Å². The van der Waals surface area contributed by atoms with Crippen molar-refractivity contribution in [3.8, 4) is 0 Å². The van der Waals surface area contributed by atoms with Crippen molar-refractivity contribution < 1.29 is 14.3 Å². The number of Topliss-reactive ketones (excluding diaryl/α,β-unsaturated/α-hetero) is 1. The quantitative estimate of drug-likeness (QED) is 0.488. The summed E-state index contributed by atoms with van der Waals surface area (Å²) in [6, 6.07) is 3.63. The predicted molar refractivity (Wildman–Crippen MR) is 87.0 cm³/mol. The smallest absolute Gasteiger partial charge is 0.379 e. The average molecular weight is 342 g/mol. The first-order valence-electron chi connectivity index (χ1n) is 7.08. The zero-order valence-electron chi connectivity index (χ0n) is 12.4. The number of halogens is 2. The number of benzene rings is 1. The van der Waals surface area contributed by atoms with Gasteiger partial charge in [0.25, 0.3) is 5.78 Å². The molecule has 118 valence electrons. The Morgan fingerprint density at radius 3 is 2.64 bits per heavy atom. The molecule has 0 heterocycles. The summed E-state index contributed by atoms with van der Waals surface area (Å²) >= 11 is 12.3. The lowest BCUT2D eigenvalue weighted by atomic mass is 10.0. The van der Waals surface area contributed by atoms with E-state index < -0.39 is 11.8 Å². The maximum Gasteiger partial charge on any atom is 0.379 e. The minimum Gasteiger partial charge on any atom is -0.460 e. The summed E-state index contributed by atoms with van der Waals surface area (Å²) in [5, 5.41) is 3.97. The molecule has 1 aliphatic rings. The van der Waals surface area contributed by atoms with Gasteiger partial charge in [0.1, 0.15) is 0 Å². The van der Waals surface area contributed by atoms with Crippen LogP contribution in [-0.4, -0.2) is 24.4 Å². The van der Waals surface area contributed by atoms with Gasteiger partial charge >= 0.3 is 5.97 Å². The molecule has 0 radical (unpaired) electrons. The van der Waals surface area contributed by atoms with E-state index in [1.165, 1.54) is 0 Å². The molecule has 0 aromatic heterocycles. The fraction of sp³-hybridized carbons (Fsp3) is 0.375. The standard InChI is InChI=1S/C16H17Cl2NO3/c1-3-22-16(21)15(20)12(8-19-10-4-5-10)11-6-7-13(17)9(2)14(11)18/h6-8,10,19H,3-5H2,1-2H3. The number of hydrogen-bond acceptors (Lipinski definition) is 4. The van der Waals surface area contributed by atoms with E-state index in [1.807, 2.05) is 0 Å². The molecular weight excluding hydrogens is 325 g/mol. The van der Waals surface area contributed by atoms with Gasteiger partial charge in [0.15, 0.2) is 0 Å². The van der Waals surface area contributed by atoms with Crippen molar-refractivity contribution in [1.29, 1.82) is 0 Å². The third-order valence-corrected chi connectivity index (χ3v) is 4.25. The highest BCUT2D eigenvalue weighted by atomic mass is 35.5. The molecule has 22 heavy (non-hydrogen) atoms. The molecule has 1 saturated carbocycles. The van der Waals surface area contributed by atoms with Gasteiger partial charge in [-0.05, 0) is 38.3 Å². The first kappa shape index (κ1) is 16.8. The second-order valence-electron chi connectivity index (χ2n) is 5.08. The Balaban J connectivity index is 2.40. The van der Waals surface area contributed by atoms with Gasteiger partial charge in [0.05, 0.1) is 17.2 Å². The summed E-state index contributed by atoms with van der Waals surface area (Å²) in [6.45, 7) is 3.55. The maximum absolute atomic E-state index is 12.3. The third kappa shape index (κ3) is 3.81. The number of esters is 1. The molecule has 0 aliphatic heterocycles. The zero-order valence-corrected chi connectivity index (χ0v) is 13.9. The molecule has 1 aromatic carbocycles. The first-order valence-corrected chi connectivity index (χ1v) is 7.84. The molecule has 4 nitrogen and oxygen atoms in total. The summed E-state index contributed by atoms with van der Waals surface area (Å²) in [6.07, 6.45) is 3.64. The molecule has 2 rings (SSSR count). The van der Waals surface area contributed by atoms with Gasteiger partial charge < -0.3 is 10.1 Å². The number of carbonyl (C=O) groups is 2. The monoisotopic (exact) mass is 341 g/mol. The molecule has 6 heteroatoms. The molecule has 1 fully saturated rings. The Morgan fingerprint density at radius 2 is 2.05 bits per heavy atom. The van der Waals surface area contributed by atoms with E-state index in [2.05, 4.69) is 5.32 Å². The molecule has 0 spiro atoms. The SMILES string of the molecule is CCOC(=O)C(=O)C(=CNC1CC1)c1ccc(Cl)c(C)c1Cl. The molecule has 0 unspecified atom stereocenters. The number of nitrogens with one attached hydrogen (secondary N) is 1. The Morgan fingerprint density at radius 1 is 1.36 bits per heavy atom. The lowest BCUT2D eigenvalue weighted by Crippen LogP contribution is -2.21. The van der Waals surface area contributed by atoms with Crippen LogP contribution in [0.15, 0.2) is 18.3 Å². The zero-order chi connectivity index (χ0) is 16.3. The predicted octanol–water partition coefficient (Wildman–Crippen LogP) is 3.53. The summed E-state index contributed by atoms with van der Waals surface area (Å²) in [5.74, 6) is -1.62. The van der Waals surface area contributed by atoms with Gasteiger partial charge in [-0.3, -0.25) is 4.79 Å². The van der Waals surface area contributed by atoms with Gasteiger partial charge in [0.2, 0.25) is 0 Å². The molecule has 1 N–H and O–H groups in total. The summed E-state index contributed by atoms with van der Waals surface area (Å²) in [5.41, 5.74) is 1.32. The maximum atomic E-state index is 12.3. The van der Waals surface area contributed by atoms with Crippen LogP contribution in [0.3, 0.4) is 0 Å². The van der Waals surface area contributed by atoms with E-state index in [1.54, 1.807) is 32.2 Å². The lowest BCUT2D eigenvalue weighted by Gasteiger charge is -2.12. The largest absolute Gasteiger partial charge is 0.460 e. The van der Waals surface area contributed by atoms with Crippen LogP contribution in [0.2, 0.25) is 10.0 Å². The fourth-order valence-electron chi connectivity index (χ4n) is 1.89. The average Bonchev–Trinajstić information content (AvgIpc) is 3.31.